The van der Waals surface area contributed by atoms with Gasteiger partial charge in [-0.05, 0) is 26.7 Å². The summed E-state index contributed by atoms with van der Waals surface area (Å²) >= 11 is 0. The molecule has 5 nitrogen and oxygen atoms in total. The highest BCUT2D eigenvalue weighted by Gasteiger charge is 2.34. The van der Waals surface area contributed by atoms with Crippen LogP contribution in [-0.2, 0) is 9.53 Å². The van der Waals surface area contributed by atoms with E-state index in [1.807, 2.05) is 4.90 Å². The van der Waals surface area contributed by atoms with Gasteiger partial charge >= 0.3 is 0 Å². The molecule has 0 aromatic carbocycles. The molecule has 3 atom stereocenters. The van der Waals surface area contributed by atoms with Crippen molar-refractivity contribution in [2.75, 3.05) is 39.5 Å². The van der Waals surface area contributed by atoms with Gasteiger partial charge in [-0.15, -0.1) is 0 Å². The van der Waals surface area contributed by atoms with Crippen LogP contribution in [0.25, 0.3) is 0 Å². The molecule has 2 aliphatic heterocycles. The third-order valence-corrected chi connectivity index (χ3v) is 4.28. The van der Waals surface area contributed by atoms with E-state index in [1.165, 1.54) is 0 Å². The maximum atomic E-state index is 12.5. The molecule has 1 N–H and O–H groups in total. The summed E-state index contributed by atoms with van der Waals surface area (Å²) in [5.74, 6) is 0.305. The lowest BCUT2D eigenvalue weighted by Crippen LogP contribution is -2.59. The first-order valence-electron chi connectivity index (χ1n) is 7.36. The van der Waals surface area contributed by atoms with Gasteiger partial charge < -0.3 is 14.7 Å². The van der Waals surface area contributed by atoms with Crippen molar-refractivity contribution in [1.29, 1.82) is 0 Å². The Morgan fingerprint density at radius 3 is 2.53 bits per heavy atom. The van der Waals surface area contributed by atoms with Crippen LogP contribution in [0.4, 0.5) is 0 Å². The molecule has 0 unspecified atom stereocenters. The zero-order valence-electron chi connectivity index (χ0n) is 12.0. The maximum Gasteiger partial charge on any atom is 0.228 e. The molecule has 0 aromatic heterocycles. The molecule has 19 heavy (non-hydrogen) atoms. The average molecular weight is 270 g/mol. The van der Waals surface area contributed by atoms with Gasteiger partial charge in [0.05, 0.1) is 19.1 Å². The topological polar surface area (TPSA) is 53.0 Å². The number of ether oxygens (including phenoxy) is 1. The monoisotopic (exact) mass is 270 g/mol. The van der Waals surface area contributed by atoms with Crippen LogP contribution in [0, 0.1) is 5.92 Å². The molecule has 5 heteroatoms. The zero-order chi connectivity index (χ0) is 13.8. The smallest absolute Gasteiger partial charge is 0.228 e. The fraction of sp³-hybridized carbons (Fsp3) is 0.929. The van der Waals surface area contributed by atoms with Crippen molar-refractivity contribution in [1.82, 2.24) is 9.80 Å². The van der Waals surface area contributed by atoms with E-state index in [-0.39, 0.29) is 18.4 Å². The summed E-state index contributed by atoms with van der Waals surface area (Å²) in [6, 6.07) is 0.619. The number of carbonyl (C=O) groups excluding carboxylic acids is 1. The number of hydrogen-bond donors (Lipinski definition) is 1. The first-order chi connectivity index (χ1) is 9.13. The van der Waals surface area contributed by atoms with E-state index in [2.05, 4.69) is 18.7 Å². The van der Waals surface area contributed by atoms with E-state index in [0.717, 1.165) is 32.5 Å². The number of β-amino-alcohol motifs (C(OH)–C–C–N with tert-alkyl or cyclic N) is 1. The quantitative estimate of drug-likeness (QED) is 0.803. The molecule has 110 valence electrons. The van der Waals surface area contributed by atoms with Crippen molar-refractivity contribution >= 4 is 5.91 Å². The van der Waals surface area contributed by atoms with E-state index in [0.29, 0.717) is 25.2 Å². The van der Waals surface area contributed by atoms with Crippen LogP contribution in [0.3, 0.4) is 0 Å². The Morgan fingerprint density at radius 1 is 1.32 bits per heavy atom. The predicted molar refractivity (Wildman–Crippen MR) is 72.8 cm³/mol. The lowest BCUT2D eigenvalue weighted by molar-refractivity contribution is -0.144. The molecule has 1 amide bonds. The molecule has 0 saturated carbocycles. The molecule has 0 radical (unpaired) electrons. The summed E-state index contributed by atoms with van der Waals surface area (Å²) in [4.78, 5) is 16.8. The highest BCUT2D eigenvalue weighted by atomic mass is 16.5. The van der Waals surface area contributed by atoms with Crippen LogP contribution in [0.15, 0.2) is 0 Å². The molecular formula is C14H26N2O3. The Morgan fingerprint density at radius 2 is 2.00 bits per heavy atom. The molecule has 2 saturated heterocycles. The molecule has 2 fully saturated rings. The molecule has 0 aromatic rings. The number of carbonyl (C=O) groups is 1. The Kier molecular flexibility index (Phi) is 5.19. The van der Waals surface area contributed by atoms with Crippen molar-refractivity contribution in [3.63, 3.8) is 0 Å². The third kappa shape index (κ3) is 3.46. The predicted octanol–water partition coefficient (Wildman–Crippen LogP) is 0.327. The Hall–Kier alpha value is -0.650. The van der Waals surface area contributed by atoms with E-state index in [9.17, 15) is 4.79 Å². The fourth-order valence-corrected chi connectivity index (χ4v) is 3.29. The van der Waals surface area contributed by atoms with Gasteiger partial charge in [-0.3, -0.25) is 9.69 Å². The van der Waals surface area contributed by atoms with Crippen LogP contribution in [0.5, 0.6) is 0 Å². The number of rotatable bonds is 3. The zero-order valence-corrected chi connectivity index (χ0v) is 12.0. The van der Waals surface area contributed by atoms with Gasteiger partial charge in [-0.1, -0.05) is 0 Å². The molecule has 0 spiro atoms. The largest absolute Gasteiger partial charge is 0.395 e. The molecular weight excluding hydrogens is 244 g/mol. The minimum atomic E-state index is 0.0533. The number of nitrogens with zero attached hydrogens (tertiary/aromatic N) is 2. The summed E-state index contributed by atoms with van der Waals surface area (Å²) < 4.78 is 5.42. The highest BCUT2D eigenvalue weighted by Crippen LogP contribution is 2.21. The molecule has 0 bridgehead atoms. The van der Waals surface area contributed by atoms with Crippen LogP contribution in [0.2, 0.25) is 0 Å². The minimum Gasteiger partial charge on any atom is -0.395 e. The number of amides is 1. The van der Waals surface area contributed by atoms with E-state index in [1.54, 1.807) is 0 Å². The van der Waals surface area contributed by atoms with Gasteiger partial charge in [0.1, 0.15) is 0 Å². The van der Waals surface area contributed by atoms with Gasteiger partial charge in [0, 0.05) is 38.3 Å². The first-order valence-corrected chi connectivity index (χ1v) is 7.36. The highest BCUT2D eigenvalue weighted by molar-refractivity contribution is 5.79. The Balaban J connectivity index is 1.93. The summed E-state index contributed by atoms with van der Waals surface area (Å²) in [7, 11) is 0. The minimum absolute atomic E-state index is 0.0533. The van der Waals surface area contributed by atoms with Crippen molar-refractivity contribution in [3.8, 4) is 0 Å². The van der Waals surface area contributed by atoms with Crippen LogP contribution >= 0.6 is 0 Å². The molecule has 0 aliphatic carbocycles. The SMILES string of the molecule is C[C@@H]1CN(C(=O)[C@@H]2CCCOC2)C[C@H](C)N1CCO. The van der Waals surface area contributed by atoms with E-state index < -0.39 is 0 Å². The second-order valence-corrected chi connectivity index (χ2v) is 5.82. The second-order valence-electron chi connectivity index (χ2n) is 5.82. The standard InChI is InChI=1S/C14H26N2O3/c1-11-8-15(9-12(2)16(11)5-6-17)14(18)13-4-3-7-19-10-13/h11-13,17H,3-10H2,1-2H3/t11-,12+,13-/m1/s1. The van der Waals surface area contributed by atoms with E-state index >= 15 is 0 Å². The number of aliphatic hydroxyl groups is 1. The van der Waals surface area contributed by atoms with Gasteiger partial charge in [-0.25, -0.2) is 0 Å². The summed E-state index contributed by atoms with van der Waals surface area (Å²) in [5.41, 5.74) is 0. The first kappa shape index (κ1) is 14.8. The average Bonchev–Trinajstić information content (AvgIpc) is 2.43. The van der Waals surface area contributed by atoms with Gasteiger partial charge in [-0.2, -0.15) is 0 Å². The maximum absolute atomic E-state index is 12.5. The van der Waals surface area contributed by atoms with Gasteiger partial charge in [0.2, 0.25) is 5.91 Å². The fourth-order valence-electron chi connectivity index (χ4n) is 3.29. The van der Waals surface area contributed by atoms with Gasteiger partial charge in [0.25, 0.3) is 0 Å². The van der Waals surface area contributed by atoms with Crippen molar-refractivity contribution < 1.29 is 14.6 Å². The van der Waals surface area contributed by atoms with E-state index in [4.69, 9.17) is 9.84 Å². The van der Waals surface area contributed by atoms with Crippen molar-refractivity contribution in [3.05, 3.63) is 0 Å². The number of hydrogen-bond acceptors (Lipinski definition) is 4. The lowest BCUT2D eigenvalue weighted by Gasteiger charge is -2.45. The normalized spacial score (nSPS) is 33.4. The number of piperazine rings is 1. The van der Waals surface area contributed by atoms with Crippen LogP contribution < -0.4 is 0 Å². The Bertz CT molecular complexity index is 293. The number of aliphatic hydroxyl groups excluding tert-OH is 1. The third-order valence-electron chi connectivity index (χ3n) is 4.28. The lowest BCUT2D eigenvalue weighted by atomic mass is 9.98. The molecule has 2 aliphatic rings. The summed E-state index contributed by atoms with van der Waals surface area (Å²) in [6.45, 7) is 8.03. The molecule has 2 heterocycles. The van der Waals surface area contributed by atoms with Crippen molar-refractivity contribution in [2.24, 2.45) is 5.92 Å². The Labute approximate surface area is 115 Å². The van der Waals surface area contributed by atoms with Crippen LogP contribution in [-0.4, -0.2) is 72.4 Å². The van der Waals surface area contributed by atoms with Gasteiger partial charge in [0.15, 0.2) is 0 Å². The van der Waals surface area contributed by atoms with Crippen molar-refractivity contribution in [2.45, 2.75) is 38.8 Å². The summed E-state index contributed by atoms with van der Waals surface area (Å²) in [5, 5.41) is 9.09. The van der Waals surface area contributed by atoms with Crippen LogP contribution in [0.1, 0.15) is 26.7 Å². The second kappa shape index (κ2) is 6.68. The molecule has 2 rings (SSSR count). The summed E-state index contributed by atoms with van der Waals surface area (Å²) in [6.07, 6.45) is 1.95.